The number of nitrogens with zero attached hydrogens (tertiary/aromatic N) is 4. The van der Waals surface area contributed by atoms with Gasteiger partial charge in [-0.15, -0.1) is 0 Å². The molecule has 0 saturated heterocycles. The van der Waals surface area contributed by atoms with E-state index in [2.05, 4.69) is 45.6 Å². The Hall–Kier alpha value is -2.37. The van der Waals surface area contributed by atoms with Gasteiger partial charge in [-0.25, -0.2) is 9.67 Å². The van der Waals surface area contributed by atoms with Crippen molar-refractivity contribution in [1.29, 1.82) is 0 Å². The summed E-state index contributed by atoms with van der Waals surface area (Å²) in [6.07, 6.45) is 2.93. The number of aliphatic imine (C=N–C) groups is 1. The molecule has 6 nitrogen and oxygen atoms in total. The molecule has 2 aromatic rings. The molecule has 0 saturated carbocycles. The van der Waals surface area contributed by atoms with Gasteiger partial charge in [0.15, 0.2) is 11.8 Å². The van der Waals surface area contributed by atoms with Crippen molar-refractivity contribution in [2.75, 3.05) is 7.05 Å². The van der Waals surface area contributed by atoms with Crippen LogP contribution in [0.4, 0.5) is 0 Å². The molecule has 2 aromatic heterocycles. The van der Waals surface area contributed by atoms with E-state index in [9.17, 15) is 0 Å². The molecule has 0 radical (unpaired) electrons. The van der Waals surface area contributed by atoms with Crippen LogP contribution in [0.1, 0.15) is 37.2 Å². The van der Waals surface area contributed by atoms with Gasteiger partial charge in [0.05, 0.1) is 5.69 Å². The number of nitrogens with one attached hydrogen (secondary N) is 2. The predicted octanol–water partition coefficient (Wildman–Crippen LogP) is 2.35. The maximum Gasteiger partial charge on any atom is 0.191 e. The zero-order valence-electron chi connectivity index (χ0n) is 14.6. The lowest BCUT2D eigenvalue weighted by Crippen LogP contribution is -2.41. The van der Waals surface area contributed by atoms with Crippen molar-refractivity contribution in [2.45, 2.75) is 46.7 Å². The molecule has 0 spiro atoms. The van der Waals surface area contributed by atoms with Crippen molar-refractivity contribution < 1.29 is 0 Å². The minimum atomic E-state index is 0.396. The molecule has 2 rings (SSSR count). The van der Waals surface area contributed by atoms with Crippen LogP contribution in [-0.2, 0) is 6.54 Å². The third kappa shape index (κ3) is 4.55. The lowest BCUT2D eigenvalue weighted by atomic mass is 10.2. The zero-order valence-corrected chi connectivity index (χ0v) is 14.6. The van der Waals surface area contributed by atoms with E-state index < -0.39 is 0 Å². The fraction of sp³-hybridized carbons (Fsp3) is 0.471. The molecule has 0 fully saturated rings. The molecule has 1 unspecified atom stereocenters. The Bertz CT molecular complexity index is 656. The van der Waals surface area contributed by atoms with Gasteiger partial charge in [-0.3, -0.25) is 4.99 Å². The van der Waals surface area contributed by atoms with Gasteiger partial charge in [-0.2, -0.15) is 5.10 Å². The van der Waals surface area contributed by atoms with Gasteiger partial charge < -0.3 is 10.6 Å². The zero-order chi connectivity index (χ0) is 16.8. The minimum absolute atomic E-state index is 0.396. The highest BCUT2D eigenvalue weighted by atomic mass is 15.3. The molecular weight excluding hydrogens is 288 g/mol. The van der Waals surface area contributed by atoms with Crippen molar-refractivity contribution in [3.8, 4) is 5.82 Å². The summed E-state index contributed by atoms with van der Waals surface area (Å²) in [4.78, 5) is 8.73. The second-order valence-corrected chi connectivity index (χ2v) is 5.74. The van der Waals surface area contributed by atoms with Crippen LogP contribution in [0.3, 0.4) is 0 Å². The second-order valence-electron chi connectivity index (χ2n) is 5.74. The molecule has 2 N–H and O–H groups in total. The SMILES string of the molecule is CCC(C)NC(=NC)NCc1ccc(-n2nc(C)cc2C)nc1. The van der Waals surface area contributed by atoms with E-state index in [1.807, 2.05) is 36.9 Å². The van der Waals surface area contributed by atoms with E-state index in [1.54, 1.807) is 7.05 Å². The average Bonchev–Trinajstić information content (AvgIpc) is 2.90. The van der Waals surface area contributed by atoms with Gasteiger partial charge in [0.1, 0.15) is 0 Å². The monoisotopic (exact) mass is 314 g/mol. The first-order chi connectivity index (χ1) is 11.0. The van der Waals surface area contributed by atoms with Gasteiger partial charge in [0.2, 0.25) is 0 Å². The normalized spacial score (nSPS) is 13.0. The molecule has 0 aliphatic carbocycles. The first-order valence-electron chi connectivity index (χ1n) is 7.99. The molecule has 124 valence electrons. The number of aromatic nitrogens is 3. The van der Waals surface area contributed by atoms with E-state index >= 15 is 0 Å². The van der Waals surface area contributed by atoms with Crippen molar-refractivity contribution in [3.63, 3.8) is 0 Å². The quantitative estimate of drug-likeness (QED) is 0.657. The van der Waals surface area contributed by atoms with Crippen LogP contribution in [0.25, 0.3) is 5.82 Å². The molecule has 6 heteroatoms. The third-order valence-corrected chi connectivity index (χ3v) is 3.71. The van der Waals surface area contributed by atoms with Gasteiger partial charge >= 0.3 is 0 Å². The van der Waals surface area contributed by atoms with E-state index in [0.717, 1.165) is 35.1 Å². The van der Waals surface area contributed by atoms with Crippen molar-refractivity contribution in [2.24, 2.45) is 4.99 Å². The van der Waals surface area contributed by atoms with E-state index in [4.69, 9.17) is 0 Å². The number of pyridine rings is 1. The Morgan fingerprint density at radius 3 is 2.65 bits per heavy atom. The van der Waals surface area contributed by atoms with Crippen LogP contribution < -0.4 is 10.6 Å². The number of rotatable bonds is 5. The summed E-state index contributed by atoms with van der Waals surface area (Å²) in [6, 6.07) is 6.48. The lowest BCUT2D eigenvalue weighted by Gasteiger charge is -2.16. The standard InChI is InChI=1S/C17H26N6/c1-6-12(2)21-17(18-5)20-11-15-7-8-16(19-10-15)23-14(4)9-13(3)22-23/h7-10,12H,6,11H2,1-5H3,(H2,18,20,21). The van der Waals surface area contributed by atoms with E-state index in [1.165, 1.54) is 0 Å². The Morgan fingerprint density at radius 1 is 1.35 bits per heavy atom. The van der Waals surface area contributed by atoms with E-state index in [0.29, 0.717) is 12.6 Å². The first kappa shape index (κ1) is 17.0. The second kappa shape index (κ2) is 7.76. The Kier molecular flexibility index (Phi) is 5.73. The number of guanidine groups is 1. The number of aryl methyl sites for hydroxylation is 2. The lowest BCUT2D eigenvalue weighted by molar-refractivity contribution is 0.624. The maximum atomic E-state index is 4.50. The highest BCUT2D eigenvalue weighted by Gasteiger charge is 2.06. The molecule has 0 aliphatic heterocycles. The van der Waals surface area contributed by atoms with Crippen molar-refractivity contribution in [1.82, 2.24) is 25.4 Å². The molecule has 2 heterocycles. The summed E-state index contributed by atoms with van der Waals surface area (Å²) in [7, 11) is 1.78. The molecule has 1 atom stereocenters. The summed E-state index contributed by atoms with van der Waals surface area (Å²) < 4.78 is 1.86. The van der Waals surface area contributed by atoms with Crippen molar-refractivity contribution in [3.05, 3.63) is 41.3 Å². The summed E-state index contributed by atoms with van der Waals surface area (Å²) >= 11 is 0. The Morgan fingerprint density at radius 2 is 2.13 bits per heavy atom. The summed E-state index contributed by atoms with van der Waals surface area (Å²) in [6.45, 7) is 8.98. The van der Waals surface area contributed by atoms with Crippen LogP contribution in [0.5, 0.6) is 0 Å². The Labute approximate surface area is 138 Å². The van der Waals surface area contributed by atoms with Crippen molar-refractivity contribution >= 4 is 5.96 Å². The molecule has 0 aromatic carbocycles. The fourth-order valence-corrected chi connectivity index (χ4v) is 2.22. The van der Waals surface area contributed by atoms with Crippen LogP contribution >= 0.6 is 0 Å². The van der Waals surface area contributed by atoms with E-state index in [-0.39, 0.29) is 0 Å². The predicted molar refractivity (Wildman–Crippen MR) is 93.9 cm³/mol. The van der Waals surface area contributed by atoms with Gasteiger partial charge in [0, 0.05) is 31.5 Å². The fourth-order valence-electron chi connectivity index (χ4n) is 2.22. The maximum absolute atomic E-state index is 4.50. The topological polar surface area (TPSA) is 67.1 Å². The third-order valence-electron chi connectivity index (χ3n) is 3.71. The Balaban J connectivity index is 1.99. The molecule has 23 heavy (non-hydrogen) atoms. The molecular formula is C17H26N6. The van der Waals surface area contributed by atoms with Gasteiger partial charge in [0.25, 0.3) is 0 Å². The highest BCUT2D eigenvalue weighted by molar-refractivity contribution is 5.79. The van der Waals surface area contributed by atoms with Crippen LogP contribution in [-0.4, -0.2) is 33.8 Å². The first-order valence-corrected chi connectivity index (χ1v) is 7.99. The number of hydrogen-bond acceptors (Lipinski definition) is 3. The highest BCUT2D eigenvalue weighted by Crippen LogP contribution is 2.10. The van der Waals surface area contributed by atoms with Gasteiger partial charge in [-0.1, -0.05) is 13.0 Å². The van der Waals surface area contributed by atoms with Gasteiger partial charge in [-0.05, 0) is 44.9 Å². The molecule has 0 bridgehead atoms. The van der Waals surface area contributed by atoms with Crippen LogP contribution in [0, 0.1) is 13.8 Å². The smallest absolute Gasteiger partial charge is 0.191 e. The summed E-state index contributed by atoms with van der Waals surface area (Å²) in [5, 5.41) is 11.1. The average molecular weight is 314 g/mol. The number of hydrogen-bond donors (Lipinski definition) is 2. The summed E-state index contributed by atoms with van der Waals surface area (Å²) in [5.41, 5.74) is 3.18. The molecule has 0 amide bonds. The van der Waals surface area contributed by atoms with Crippen LogP contribution in [0.15, 0.2) is 29.4 Å². The van der Waals surface area contributed by atoms with Crippen LogP contribution in [0.2, 0.25) is 0 Å². The summed E-state index contributed by atoms with van der Waals surface area (Å²) in [5.74, 6) is 1.64. The largest absolute Gasteiger partial charge is 0.354 e. The molecule has 0 aliphatic rings. The minimum Gasteiger partial charge on any atom is -0.354 e.